The standard InChI is InChI=1S/C62H32N10/c1-66-45-19-26-56-53(32-45)50-29-39(36-64)16-23-55(50)71(56)47-21-22-48(62-69-60(41-11-5-3-6-12-41)68-61(70-62)42-13-7-4-8-14-42)49(34-47)52-31-44(43-15-9-10-38(28-43)35-63)18-25-58(52)72-57-24-17-40(37-65)30-51(57)54-33-46(67-2)20-27-59(54)72/h3-34H. The molecule has 10 heteroatoms. The minimum absolute atomic E-state index is 0.428. The molecule has 0 atom stereocenters. The second-order valence-corrected chi connectivity index (χ2v) is 17.2. The number of rotatable bonds is 7. The van der Waals surface area contributed by atoms with Crippen LogP contribution in [0.2, 0.25) is 0 Å². The third kappa shape index (κ3) is 7.13. The topological polar surface area (TPSA) is 129 Å². The van der Waals surface area contributed by atoms with Crippen LogP contribution in [0, 0.1) is 47.1 Å². The number of nitrogens with zero attached hydrogens (tertiary/aromatic N) is 10. The molecule has 0 spiro atoms. The van der Waals surface area contributed by atoms with Gasteiger partial charge in [-0.25, -0.2) is 24.6 Å². The average Bonchev–Trinajstić information content (AvgIpc) is 3.95. The average molecular weight is 917 g/mol. The summed E-state index contributed by atoms with van der Waals surface area (Å²) in [5.74, 6) is 1.42. The van der Waals surface area contributed by atoms with Crippen LogP contribution in [-0.4, -0.2) is 24.1 Å². The largest absolute Gasteiger partial charge is 0.309 e. The van der Waals surface area contributed by atoms with Crippen LogP contribution < -0.4 is 0 Å². The van der Waals surface area contributed by atoms with Gasteiger partial charge in [0.05, 0.1) is 75.8 Å². The van der Waals surface area contributed by atoms with Crippen LogP contribution in [0.1, 0.15) is 16.7 Å². The Hall–Kier alpha value is -11.0. The summed E-state index contributed by atoms with van der Waals surface area (Å²) in [5.41, 5.74) is 13.0. The molecule has 0 saturated heterocycles. The molecule has 3 aromatic heterocycles. The predicted molar refractivity (Wildman–Crippen MR) is 282 cm³/mol. The van der Waals surface area contributed by atoms with E-state index in [0.29, 0.717) is 51.1 Å². The summed E-state index contributed by atoms with van der Waals surface area (Å²) in [4.78, 5) is 23.1. The Labute approximate surface area is 412 Å². The minimum atomic E-state index is 0.428. The summed E-state index contributed by atoms with van der Waals surface area (Å²) in [6.07, 6.45) is 0. The highest BCUT2D eigenvalue weighted by Crippen LogP contribution is 2.44. The molecule has 0 aliphatic rings. The predicted octanol–water partition coefficient (Wildman–Crippen LogP) is 15.1. The molecule has 10 nitrogen and oxygen atoms in total. The van der Waals surface area contributed by atoms with Crippen LogP contribution in [0.15, 0.2) is 194 Å². The summed E-state index contributed by atoms with van der Waals surface area (Å²) in [6, 6.07) is 69.1. The SMILES string of the molecule is [C-]#[N+]c1ccc2c(c1)c1cc(C#N)ccc1n2-c1ccc(-c2nc(-c3ccccc3)nc(-c3ccccc3)n2)c(-c2cc(-c3cccc(C#N)c3)ccc2-n2c3ccc(C#N)cc3c3cc([N+]#[C-])ccc32)c1. The molecule has 12 aromatic rings. The highest BCUT2D eigenvalue weighted by molar-refractivity contribution is 6.13. The summed E-state index contributed by atoms with van der Waals surface area (Å²) < 4.78 is 4.33. The van der Waals surface area contributed by atoms with Crippen molar-refractivity contribution in [2.75, 3.05) is 0 Å². The van der Waals surface area contributed by atoms with Gasteiger partial charge in [0.2, 0.25) is 0 Å². The van der Waals surface area contributed by atoms with E-state index in [0.717, 1.165) is 88.4 Å². The zero-order valence-electron chi connectivity index (χ0n) is 37.9. The molecule has 0 aliphatic carbocycles. The van der Waals surface area contributed by atoms with E-state index in [4.69, 9.17) is 28.1 Å². The molecular weight excluding hydrogens is 885 g/mol. The highest BCUT2D eigenvalue weighted by atomic mass is 15.0. The van der Waals surface area contributed by atoms with Gasteiger partial charge in [0.15, 0.2) is 28.8 Å². The Kier molecular flexibility index (Phi) is 10.2. The molecule has 72 heavy (non-hydrogen) atoms. The van der Waals surface area contributed by atoms with Crippen molar-refractivity contribution in [3.8, 4) is 86.0 Å². The summed E-state index contributed by atoms with van der Waals surface area (Å²) in [5, 5.41) is 33.5. The van der Waals surface area contributed by atoms with E-state index >= 15 is 0 Å². The van der Waals surface area contributed by atoms with Gasteiger partial charge in [0, 0.05) is 38.7 Å². The molecule has 0 N–H and O–H groups in total. The van der Waals surface area contributed by atoms with E-state index in [2.05, 4.69) is 55.2 Å². The first-order valence-corrected chi connectivity index (χ1v) is 22.8. The molecular formula is C62H32N10. The van der Waals surface area contributed by atoms with Crippen molar-refractivity contribution in [1.29, 1.82) is 15.8 Å². The van der Waals surface area contributed by atoms with Gasteiger partial charge in [-0.2, -0.15) is 15.8 Å². The van der Waals surface area contributed by atoms with E-state index in [1.54, 1.807) is 18.2 Å². The fourth-order valence-corrected chi connectivity index (χ4v) is 9.75. The van der Waals surface area contributed by atoms with Gasteiger partial charge in [-0.3, -0.25) is 0 Å². The first-order valence-electron chi connectivity index (χ1n) is 22.8. The van der Waals surface area contributed by atoms with Gasteiger partial charge in [-0.05, 0) is 131 Å². The van der Waals surface area contributed by atoms with Crippen molar-refractivity contribution in [1.82, 2.24) is 24.1 Å². The lowest BCUT2D eigenvalue weighted by atomic mass is 9.92. The lowest BCUT2D eigenvalue weighted by Gasteiger charge is -2.20. The normalized spacial score (nSPS) is 11.0. The van der Waals surface area contributed by atoms with Crippen LogP contribution in [0.25, 0.3) is 121 Å². The minimum Gasteiger partial charge on any atom is -0.309 e. The van der Waals surface area contributed by atoms with Crippen LogP contribution in [-0.2, 0) is 0 Å². The van der Waals surface area contributed by atoms with Gasteiger partial charge in [-0.15, -0.1) is 0 Å². The molecule has 0 fully saturated rings. The molecule has 12 rings (SSSR count). The Morgan fingerprint density at radius 2 is 0.847 bits per heavy atom. The number of benzene rings is 9. The van der Waals surface area contributed by atoms with Crippen molar-refractivity contribution in [3.05, 3.63) is 234 Å². The van der Waals surface area contributed by atoms with E-state index in [1.165, 1.54) is 0 Å². The molecule has 9 aromatic carbocycles. The maximum absolute atomic E-state index is 10.1. The van der Waals surface area contributed by atoms with Crippen LogP contribution in [0.4, 0.5) is 11.4 Å². The first kappa shape index (κ1) is 42.4. The van der Waals surface area contributed by atoms with E-state index < -0.39 is 0 Å². The maximum atomic E-state index is 10.1. The van der Waals surface area contributed by atoms with Crippen LogP contribution >= 0.6 is 0 Å². The quantitative estimate of drug-likeness (QED) is 0.146. The second kappa shape index (κ2) is 17.3. The van der Waals surface area contributed by atoms with E-state index in [1.807, 2.05) is 158 Å². The van der Waals surface area contributed by atoms with Gasteiger partial charge in [0.25, 0.3) is 0 Å². The maximum Gasteiger partial charge on any atom is 0.188 e. The number of hydrogen-bond acceptors (Lipinski definition) is 6. The molecule has 3 heterocycles. The lowest BCUT2D eigenvalue weighted by Crippen LogP contribution is -2.04. The van der Waals surface area contributed by atoms with Crippen molar-refractivity contribution in [2.45, 2.75) is 0 Å². The van der Waals surface area contributed by atoms with E-state index in [9.17, 15) is 15.8 Å². The second-order valence-electron chi connectivity index (χ2n) is 17.2. The zero-order chi connectivity index (χ0) is 48.9. The van der Waals surface area contributed by atoms with Crippen molar-refractivity contribution in [2.24, 2.45) is 0 Å². The number of nitriles is 3. The van der Waals surface area contributed by atoms with Gasteiger partial charge in [-0.1, -0.05) is 91.0 Å². The first-order chi connectivity index (χ1) is 35.4. The van der Waals surface area contributed by atoms with Crippen LogP contribution in [0.5, 0.6) is 0 Å². The fourth-order valence-electron chi connectivity index (χ4n) is 9.75. The van der Waals surface area contributed by atoms with Crippen molar-refractivity contribution < 1.29 is 0 Å². The number of aromatic nitrogens is 5. The molecule has 0 saturated carbocycles. The fraction of sp³-hybridized carbons (Fsp3) is 0. The number of fused-ring (bicyclic) bond motifs is 6. The zero-order valence-corrected chi connectivity index (χ0v) is 37.9. The summed E-state index contributed by atoms with van der Waals surface area (Å²) in [6.45, 7) is 15.8. The van der Waals surface area contributed by atoms with Gasteiger partial charge >= 0.3 is 0 Å². The third-order valence-electron chi connectivity index (χ3n) is 13.1. The molecule has 0 aliphatic heterocycles. The highest BCUT2D eigenvalue weighted by Gasteiger charge is 2.24. The van der Waals surface area contributed by atoms with Crippen LogP contribution in [0.3, 0.4) is 0 Å². The molecule has 0 amide bonds. The summed E-state index contributed by atoms with van der Waals surface area (Å²) >= 11 is 0. The van der Waals surface area contributed by atoms with Gasteiger partial charge in [0.1, 0.15) is 0 Å². The Balaban J connectivity index is 1.23. The Morgan fingerprint density at radius 3 is 1.40 bits per heavy atom. The van der Waals surface area contributed by atoms with E-state index in [-0.39, 0.29) is 0 Å². The number of hydrogen-bond donors (Lipinski definition) is 0. The van der Waals surface area contributed by atoms with Crippen molar-refractivity contribution in [3.63, 3.8) is 0 Å². The smallest absolute Gasteiger partial charge is 0.188 e. The monoisotopic (exact) mass is 916 g/mol. The molecule has 0 radical (unpaired) electrons. The molecule has 330 valence electrons. The Morgan fingerprint density at radius 1 is 0.361 bits per heavy atom. The van der Waals surface area contributed by atoms with Gasteiger partial charge < -0.3 is 9.13 Å². The third-order valence-corrected chi connectivity index (χ3v) is 13.1. The Bertz CT molecular complexity index is 4250. The lowest BCUT2D eigenvalue weighted by molar-refractivity contribution is 1.07. The molecule has 0 unspecified atom stereocenters. The summed E-state index contributed by atoms with van der Waals surface area (Å²) in [7, 11) is 0. The van der Waals surface area contributed by atoms with Crippen molar-refractivity contribution >= 4 is 55.0 Å². The molecule has 0 bridgehead atoms.